The fourth-order valence-corrected chi connectivity index (χ4v) is 3.80. The highest BCUT2D eigenvalue weighted by Crippen LogP contribution is 2.45. The molecule has 2 aromatic carbocycles. The highest BCUT2D eigenvalue weighted by atomic mass is 16.5. The first kappa shape index (κ1) is 19.1. The first-order valence-electron chi connectivity index (χ1n) is 9.13. The van der Waals surface area contributed by atoms with Gasteiger partial charge >= 0.3 is 0 Å². The fourth-order valence-electron chi connectivity index (χ4n) is 3.80. The zero-order valence-corrected chi connectivity index (χ0v) is 16.2. The number of amides is 1. The van der Waals surface area contributed by atoms with E-state index < -0.39 is 11.5 Å². The molecule has 1 aliphatic heterocycles. The van der Waals surface area contributed by atoms with Gasteiger partial charge in [-0.3, -0.25) is 9.59 Å². The molecule has 1 N–H and O–H groups in total. The van der Waals surface area contributed by atoms with Crippen LogP contribution in [-0.4, -0.2) is 23.4 Å². The van der Waals surface area contributed by atoms with E-state index in [0.717, 1.165) is 22.4 Å². The third-order valence-corrected chi connectivity index (χ3v) is 4.84. The van der Waals surface area contributed by atoms with Crippen LogP contribution in [0.4, 0.5) is 5.69 Å². The quantitative estimate of drug-likeness (QED) is 0.850. The Morgan fingerprint density at radius 3 is 2.44 bits per heavy atom. The van der Waals surface area contributed by atoms with Gasteiger partial charge in [0.05, 0.1) is 18.8 Å². The van der Waals surface area contributed by atoms with E-state index >= 15 is 0 Å². The van der Waals surface area contributed by atoms with E-state index in [0.29, 0.717) is 24.4 Å². The number of anilines is 1. The van der Waals surface area contributed by atoms with E-state index in [9.17, 15) is 14.7 Å². The molecule has 0 spiro atoms. The SMILES string of the molecule is CCOc1ccc(CN2C(=O)[C@](O)(CC(C)=O)c3cc(C)cc(C)c32)cc1. The maximum atomic E-state index is 13.2. The van der Waals surface area contributed by atoms with E-state index in [1.807, 2.05) is 51.1 Å². The predicted molar refractivity (Wildman–Crippen MR) is 104 cm³/mol. The van der Waals surface area contributed by atoms with E-state index in [1.165, 1.54) is 6.92 Å². The number of hydrogen-bond acceptors (Lipinski definition) is 4. The molecule has 0 saturated heterocycles. The molecule has 1 amide bonds. The summed E-state index contributed by atoms with van der Waals surface area (Å²) in [6.45, 7) is 8.07. The number of aliphatic hydroxyl groups is 1. The monoisotopic (exact) mass is 367 g/mol. The largest absolute Gasteiger partial charge is 0.494 e. The van der Waals surface area contributed by atoms with Gasteiger partial charge < -0.3 is 14.7 Å². The van der Waals surface area contributed by atoms with Gasteiger partial charge in [-0.25, -0.2) is 0 Å². The van der Waals surface area contributed by atoms with Crippen molar-refractivity contribution in [2.24, 2.45) is 0 Å². The molecule has 0 radical (unpaired) electrons. The number of aryl methyl sites for hydroxylation is 2. The lowest BCUT2D eigenvalue weighted by molar-refractivity contribution is -0.141. The van der Waals surface area contributed by atoms with Crippen molar-refractivity contribution in [3.63, 3.8) is 0 Å². The third kappa shape index (κ3) is 3.47. The number of benzene rings is 2. The third-order valence-electron chi connectivity index (χ3n) is 4.84. The Morgan fingerprint density at radius 1 is 1.19 bits per heavy atom. The average Bonchev–Trinajstić information content (AvgIpc) is 2.78. The Labute approximate surface area is 159 Å². The van der Waals surface area contributed by atoms with Crippen LogP contribution in [0.15, 0.2) is 36.4 Å². The number of Topliss-reactive ketones (excluding diaryl/α,β-unsaturated/α-hetero) is 1. The highest BCUT2D eigenvalue weighted by Gasteiger charge is 2.51. The van der Waals surface area contributed by atoms with Crippen LogP contribution in [0.2, 0.25) is 0 Å². The zero-order valence-electron chi connectivity index (χ0n) is 16.2. The van der Waals surface area contributed by atoms with Crippen molar-refractivity contribution in [2.45, 2.75) is 46.3 Å². The normalized spacial score (nSPS) is 18.6. The molecule has 0 aromatic heterocycles. The predicted octanol–water partition coefficient (Wildman–Crippen LogP) is 3.42. The van der Waals surface area contributed by atoms with Crippen molar-refractivity contribution in [3.8, 4) is 5.75 Å². The van der Waals surface area contributed by atoms with Crippen LogP contribution in [0.1, 0.15) is 42.5 Å². The van der Waals surface area contributed by atoms with Crippen molar-refractivity contribution < 1.29 is 19.4 Å². The summed E-state index contributed by atoms with van der Waals surface area (Å²) >= 11 is 0. The molecule has 0 fully saturated rings. The molecule has 3 rings (SSSR count). The summed E-state index contributed by atoms with van der Waals surface area (Å²) in [7, 11) is 0. The van der Waals surface area contributed by atoms with E-state index in [2.05, 4.69) is 0 Å². The summed E-state index contributed by atoms with van der Waals surface area (Å²) in [5, 5.41) is 11.2. The van der Waals surface area contributed by atoms with Crippen LogP contribution in [0, 0.1) is 13.8 Å². The molecule has 0 saturated carbocycles. The summed E-state index contributed by atoms with van der Waals surface area (Å²) in [6, 6.07) is 11.3. The smallest absolute Gasteiger partial charge is 0.264 e. The molecule has 142 valence electrons. The summed E-state index contributed by atoms with van der Waals surface area (Å²) in [5.74, 6) is 0.100. The molecular weight excluding hydrogens is 342 g/mol. The number of rotatable bonds is 6. The Hall–Kier alpha value is -2.66. The number of hydrogen-bond donors (Lipinski definition) is 1. The molecule has 2 aromatic rings. The summed E-state index contributed by atoms with van der Waals surface area (Å²) in [5.41, 5.74) is 2.19. The minimum atomic E-state index is -1.80. The Morgan fingerprint density at radius 2 is 1.85 bits per heavy atom. The van der Waals surface area contributed by atoms with E-state index in [4.69, 9.17) is 4.74 Å². The number of carbonyl (C=O) groups excluding carboxylic acids is 2. The van der Waals surface area contributed by atoms with Gasteiger partial charge in [-0.05, 0) is 51.0 Å². The lowest BCUT2D eigenvalue weighted by Crippen LogP contribution is -2.41. The minimum absolute atomic E-state index is 0.221. The molecule has 1 atom stereocenters. The van der Waals surface area contributed by atoms with Gasteiger partial charge in [0.15, 0.2) is 5.60 Å². The zero-order chi connectivity index (χ0) is 19.8. The number of ether oxygens (including phenoxy) is 1. The molecule has 0 aliphatic carbocycles. The van der Waals surface area contributed by atoms with Crippen LogP contribution in [-0.2, 0) is 21.7 Å². The topological polar surface area (TPSA) is 66.8 Å². The molecule has 1 heterocycles. The number of carbonyl (C=O) groups is 2. The van der Waals surface area contributed by atoms with E-state index in [1.54, 1.807) is 11.0 Å². The molecule has 1 aliphatic rings. The molecular formula is C22H25NO4. The van der Waals surface area contributed by atoms with Crippen molar-refractivity contribution in [1.29, 1.82) is 0 Å². The second kappa shape index (κ2) is 7.16. The molecule has 5 nitrogen and oxygen atoms in total. The Balaban J connectivity index is 2.01. The molecule has 27 heavy (non-hydrogen) atoms. The Kier molecular flexibility index (Phi) is 5.07. The standard InChI is InChI=1S/C22H25NO4/c1-5-27-18-8-6-17(7-9-18)13-23-20-15(3)10-14(2)11-19(20)22(26,21(23)25)12-16(4)24/h6-11,26H,5,12-13H2,1-4H3/t22-/m0/s1. The Bertz CT molecular complexity index is 888. The van der Waals surface area contributed by atoms with Gasteiger partial charge in [-0.1, -0.05) is 29.8 Å². The lowest BCUT2D eigenvalue weighted by atomic mass is 9.88. The van der Waals surface area contributed by atoms with Gasteiger partial charge in [0, 0.05) is 12.0 Å². The molecule has 0 unspecified atom stereocenters. The second-order valence-corrected chi connectivity index (χ2v) is 7.19. The lowest BCUT2D eigenvalue weighted by Gasteiger charge is -2.22. The van der Waals surface area contributed by atoms with Crippen molar-refractivity contribution in [1.82, 2.24) is 0 Å². The second-order valence-electron chi connectivity index (χ2n) is 7.19. The highest BCUT2D eigenvalue weighted by molar-refractivity contribution is 6.09. The van der Waals surface area contributed by atoms with Crippen molar-refractivity contribution >= 4 is 17.4 Å². The molecule has 5 heteroatoms. The van der Waals surface area contributed by atoms with Crippen LogP contribution in [0.5, 0.6) is 5.75 Å². The first-order valence-corrected chi connectivity index (χ1v) is 9.13. The number of nitrogens with zero attached hydrogens (tertiary/aromatic N) is 1. The first-order chi connectivity index (χ1) is 12.8. The summed E-state index contributed by atoms with van der Waals surface area (Å²) in [4.78, 5) is 26.5. The van der Waals surface area contributed by atoms with Gasteiger partial charge in [0.25, 0.3) is 5.91 Å². The van der Waals surface area contributed by atoms with Crippen LogP contribution >= 0.6 is 0 Å². The van der Waals surface area contributed by atoms with Crippen LogP contribution in [0.25, 0.3) is 0 Å². The van der Waals surface area contributed by atoms with E-state index in [-0.39, 0.29) is 12.2 Å². The van der Waals surface area contributed by atoms with Crippen molar-refractivity contribution in [3.05, 3.63) is 58.7 Å². The maximum Gasteiger partial charge on any atom is 0.264 e. The van der Waals surface area contributed by atoms with Crippen LogP contribution < -0.4 is 9.64 Å². The van der Waals surface area contributed by atoms with Gasteiger partial charge in [-0.15, -0.1) is 0 Å². The summed E-state index contributed by atoms with van der Waals surface area (Å²) < 4.78 is 5.46. The number of ketones is 1. The van der Waals surface area contributed by atoms with Gasteiger partial charge in [0.2, 0.25) is 0 Å². The summed E-state index contributed by atoms with van der Waals surface area (Å²) in [6.07, 6.45) is -0.221. The molecule has 0 bridgehead atoms. The van der Waals surface area contributed by atoms with Gasteiger partial charge in [-0.2, -0.15) is 0 Å². The maximum absolute atomic E-state index is 13.2. The number of fused-ring (bicyclic) bond motifs is 1. The minimum Gasteiger partial charge on any atom is -0.494 e. The van der Waals surface area contributed by atoms with Crippen molar-refractivity contribution in [2.75, 3.05) is 11.5 Å². The van der Waals surface area contributed by atoms with Gasteiger partial charge in [0.1, 0.15) is 11.5 Å². The fraction of sp³-hybridized carbons (Fsp3) is 0.364. The van der Waals surface area contributed by atoms with Crippen LogP contribution in [0.3, 0.4) is 0 Å². The average molecular weight is 367 g/mol.